The lowest BCUT2D eigenvalue weighted by Gasteiger charge is -2.25. The third-order valence-electron chi connectivity index (χ3n) is 5.69. The minimum absolute atomic E-state index is 0.0245. The molecule has 0 spiro atoms. The third-order valence-corrected chi connectivity index (χ3v) is 5.69. The van der Waals surface area contributed by atoms with E-state index in [1.54, 1.807) is 42.5 Å². The van der Waals surface area contributed by atoms with Crippen LogP contribution in [0.2, 0.25) is 0 Å². The molecule has 1 N–H and O–H groups in total. The maximum absolute atomic E-state index is 13.2. The van der Waals surface area contributed by atoms with Crippen molar-refractivity contribution in [3.63, 3.8) is 0 Å². The zero-order valence-corrected chi connectivity index (χ0v) is 19.9. The molecule has 2 heterocycles. The molecule has 0 aliphatic carbocycles. The molecular formula is C28H29NO6. The zero-order valence-electron chi connectivity index (χ0n) is 19.9. The molecule has 1 aliphatic heterocycles. The molecule has 7 nitrogen and oxygen atoms in total. The fraction of sp³-hybridized carbons (Fsp3) is 0.286. The highest BCUT2D eigenvalue weighted by molar-refractivity contribution is 6.46. The number of amides is 1. The monoisotopic (exact) mass is 475 g/mol. The second kappa shape index (κ2) is 11.0. The molecule has 7 heteroatoms. The molecule has 1 aliphatic rings. The first-order valence-electron chi connectivity index (χ1n) is 11.8. The lowest BCUT2D eigenvalue weighted by atomic mass is 9.95. The van der Waals surface area contributed by atoms with E-state index in [1.165, 1.54) is 11.2 Å². The highest BCUT2D eigenvalue weighted by atomic mass is 16.5. The van der Waals surface area contributed by atoms with Crippen LogP contribution in [-0.4, -0.2) is 34.9 Å². The summed E-state index contributed by atoms with van der Waals surface area (Å²) in [6, 6.07) is 16.7. The number of ether oxygens (including phenoxy) is 2. The van der Waals surface area contributed by atoms with Crippen LogP contribution in [-0.2, 0) is 16.1 Å². The molecule has 1 fully saturated rings. The van der Waals surface area contributed by atoms with E-state index < -0.39 is 17.7 Å². The Labute approximate surface area is 204 Å². The molecule has 0 radical (unpaired) electrons. The minimum atomic E-state index is -0.804. The standard InChI is InChI=1S/C28H29NO6/c1-3-14-33-21-12-10-19(11-13-21)26(30)24-25(20-7-5-8-22(17-20)34-15-4-2)29(28(32)27(24)31)18-23-9-6-16-35-23/h5-13,16-17,25,30H,3-4,14-15,18H2,1-2H3/b26-24+. The van der Waals surface area contributed by atoms with Gasteiger partial charge in [-0.25, -0.2) is 0 Å². The van der Waals surface area contributed by atoms with Gasteiger partial charge in [-0.15, -0.1) is 0 Å². The van der Waals surface area contributed by atoms with Gasteiger partial charge in [0.2, 0.25) is 0 Å². The van der Waals surface area contributed by atoms with Crippen molar-refractivity contribution >= 4 is 17.4 Å². The number of benzene rings is 2. The lowest BCUT2D eigenvalue weighted by Crippen LogP contribution is -2.29. The quantitative estimate of drug-likeness (QED) is 0.237. The minimum Gasteiger partial charge on any atom is -0.507 e. The highest BCUT2D eigenvalue weighted by Crippen LogP contribution is 2.41. The summed E-state index contributed by atoms with van der Waals surface area (Å²) in [6.07, 6.45) is 3.24. The Kier molecular flexibility index (Phi) is 7.55. The molecule has 0 bridgehead atoms. The Balaban J connectivity index is 1.77. The number of nitrogens with zero attached hydrogens (tertiary/aromatic N) is 1. The number of ketones is 1. The maximum atomic E-state index is 13.2. The van der Waals surface area contributed by atoms with Crippen LogP contribution in [0.3, 0.4) is 0 Å². The molecule has 3 aromatic rings. The Morgan fingerprint density at radius 1 is 0.943 bits per heavy atom. The molecule has 35 heavy (non-hydrogen) atoms. The van der Waals surface area contributed by atoms with Crippen molar-refractivity contribution in [1.82, 2.24) is 4.90 Å². The summed E-state index contributed by atoms with van der Waals surface area (Å²) in [6.45, 7) is 5.25. The lowest BCUT2D eigenvalue weighted by molar-refractivity contribution is -0.140. The molecule has 1 amide bonds. The highest BCUT2D eigenvalue weighted by Gasteiger charge is 2.46. The maximum Gasteiger partial charge on any atom is 0.296 e. The predicted molar refractivity (Wildman–Crippen MR) is 131 cm³/mol. The first-order chi connectivity index (χ1) is 17.0. The van der Waals surface area contributed by atoms with Crippen LogP contribution in [0, 0.1) is 0 Å². The Morgan fingerprint density at radius 3 is 2.31 bits per heavy atom. The summed E-state index contributed by atoms with van der Waals surface area (Å²) in [4.78, 5) is 27.8. The second-order valence-corrected chi connectivity index (χ2v) is 8.30. The summed E-state index contributed by atoms with van der Waals surface area (Å²) in [7, 11) is 0. The van der Waals surface area contributed by atoms with Crippen molar-refractivity contribution in [2.24, 2.45) is 0 Å². The van der Waals surface area contributed by atoms with Crippen LogP contribution >= 0.6 is 0 Å². The number of furan rings is 1. The molecule has 1 aromatic heterocycles. The largest absolute Gasteiger partial charge is 0.507 e. The summed E-state index contributed by atoms with van der Waals surface area (Å²) < 4.78 is 16.8. The molecule has 0 saturated carbocycles. The number of hydrogen-bond acceptors (Lipinski definition) is 6. The van der Waals surface area contributed by atoms with Gasteiger partial charge in [0.25, 0.3) is 11.7 Å². The van der Waals surface area contributed by atoms with Crippen LogP contribution < -0.4 is 9.47 Å². The van der Waals surface area contributed by atoms with Crippen molar-refractivity contribution in [2.45, 2.75) is 39.3 Å². The second-order valence-electron chi connectivity index (χ2n) is 8.30. The van der Waals surface area contributed by atoms with Gasteiger partial charge in [-0.2, -0.15) is 0 Å². The van der Waals surface area contributed by atoms with E-state index in [-0.39, 0.29) is 17.9 Å². The van der Waals surface area contributed by atoms with Gasteiger partial charge >= 0.3 is 0 Å². The van der Waals surface area contributed by atoms with Crippen molar-refractivity contribution in [1.29, 1.82) is 0 Å². The number of rotatable bonds is 10. The van der Waals surface area contributed by atoms with Crippen molar-refractivity contribution in [3.05, 3.63) is 89.4 Å². The topological polar surface area (TPSA) is 89.2 Å². The van der Waals surface area contributed by atoms with Crippen LogP contribution in [0.1, 0.15) is 49.6 Å². The van der Waals surface area contributed by atoms with Gasteiger partial charge in [0.1, 0.15) is 23.0 Å². The zero-order chi connectivity index (χ0) is 24.8. The van der Waals surface area contributed by atoms with E-state index in [4.69, 9.17) is 13.9 Å². The van der Waals surface area contributed by atoms with Crippen molar-refractivity contribution in [3.8, 4) is 11.5 Å². The third kappa shape index (κ3) is 5.24. The number of likely N-dealkylation sites (tertiary alicyclic amines) is 1. The summed E-state index contributed by atoms with van der Waals surface area (Å²) >= 11 is 0. The Bertz CT molecular complexity index is 1200. The summed E-state index contributed by atoms with van der Waals surface area (Å²) in [5.74, 6) is 0.148. The number of hydrogen-bond donors (Lipinski definition) is 1. The van der Waals surface area contributed by atoms with Gasteiger partial charge in [-0.05, 0) is 66.9 Å². The first-order valence-corrected chi connectivity index (χ1v) is 11.8. The van der Waals surface area contributed by atoms with Crippen molar-refractivity contribution < 1.29 is 28.6 Å². The van der Waals surface area contributed by atoms with Gasteiger partial charge in [-0.3, -0.25) is 9.59 Å². The number of carbonyl (C=O) groups is 2. The smallest absolute Gasteiger partial charge is 0.296 e. The Hall–Kier alpha value is -4.00. The summed E-state index contributed by atoms with van der Waals surface area (Å²) in [5, 5.41) is 11.2. The van der Waals surface area contributed by atoms with Gasteiger partial charge < -0.3 is 23.9 Å². The van der Waals surface area contributed by atoms with Gasteiger partial charge in [0.05, 0.1) is 37.6 Å². The molecular weight excluding hydrogens is 446 g/mol. The van der Waals surface area contributed by atoms with E-state index in [0.717, 1.165) is 12.8 Å². The molecule has 1 unspecified atom stereocenters. The first kappa shape index (κ1) is 24.1. The van der Waals surface area contributed by atoms with Crippen LogP contribution in [0.4, 0.5) is 0 Å². The molecule has 4 rings (SSSR count). The summed E-state index contributed by atoms with van der Waals surface area (Å²) in [5.41, 5.74) is 1.11. The molecule has 182 valence electrons. The van der Waals surface area contributed by atoms with Crippen LogP contribution in [0.25, 0.3) is 5.76 Å². The normalized spacial score (nSPS) is 17.1. The molecule has 1 atom stereocenters. The van der Waals surface area contributed by atoms with Crippen LogP contribution in [0.15, 0.2) is 76.9 Å². The number of carbonyl (C=O) groups excluding carboxylic acids is 2. The Morgan fingerprint density at radius 2 is 1.66 bits per heavy atom. The average molecular weight is 476 g/mol. The fourth-order valence-corrected chi connectivity index (χ4v) is 4.04. The van der Waals surface area contributed by atoms with E-state index in [0.29, 0.717) is 41.6 Å². The van der Waals surface area contributed by atoms with Crippen LogP contribution in [0.5, 0.6) is 11.5 Å². The number of aliphatic hydroxyl groups is 1. The van der Waals surface area contributed by atoms with E-state index in [9.17, 15) is 14.7 Å². The predicted octanol–water partition coefficient (Wildman–Crippen LogP) is 5.48. The van der Waals surface area contributed by atoms with E-state index >= 15 is 0 Å². The SMILES string of the molecule is CCCOc1ccc(/C(O)=C2\C(=O)C(=O)N(Cc3ccco3)C2c2cccc(OCCC)c2)cc1. The number of Topliss-reactive ketones (excluding diaryl/α,β-unsaturated/α-hetero) is 1. The van der Waals surface area contributed by atoms with Gasteiger partial charge in [-0.1, -0.05) is 26.0 Å². The van der Waals surface area contributed by atoms with E-state index in [2.05, 4.69) is 0 Å². The van der Waals surface area contributed by atoms with Gasteiger partial charge in [0.15, 0.2) is 0 Å². The number of aliphatic hydroxyl groups excluding tert-OH is 1. The fourth-order valence-electron chi connectivity index (χ4n) is 4.04. The average Bonchev–Trinajstić information content (AvgIpc) is 3.48. The molecule has 1 saturated heterocycles. The van der Waals surface area contributed by atoms with E-state index in [1.807, 2.05) is 32.0 Å². The van der Waals surface area contributed by atoms with Gasteiger partial charge in [0, 0.05) is 5.56 Å². The molecule has 2 aromatic carbocycles. The van der Waals surface area contributed by atoms with Crippen molar-refractivity contribution in [2.75, 3.05) is 13.2 Å².